The van der Waals surface area contributed by atoms with Crippen LogP contribution in [0.5, 0.6) is 11.5 Å². The number of nitrogens with two attached hydrogens (primary N) is 1. The summed E-state index contributed by atoms with van der Waals surface area (Å²) in [4.78, 5) is 0. The van der Waals surface area contributed by atoms with Crippen molar-refractivity contribution in [2.45, 2.75) is 25.7 Å². The largest absolute Gasteiger partial charge is 0.504 e. The van der Waals surface area contributed by atoms with Gasteiger partial charge in [0.25, 0.3) is 0 Å². The van der Waals surface area contributed by atoms with E-state index >= 15 is 0 Å². The molecule has 0 unspecified atom stereocenters. The SMILES string of the molecule is C1CCNCC1.NCCc1ccc(O)c(O)c1. The zero-order valence-corrected chi connectivity index (χ0v) is 10.2. The van der Waals surface area contributed by atoms with Gasteiger partial charge in [-0.05, 0) is 56.6 Å². The number of hydrogen-bond donors (Lipinski definition) is 4. The molecule has 4 heteroatoms. The molecule has 1 aliphatic rings. The van der Waals surface area contributed by atoms with Gasteiger partial charge in [0, 0.05) is 0 Å². The van der Waals surface area contributed by atoms with E-state index in [1.807, 2.05) is 0 Å². The van der Waals surface area contributed by atoms with E-state index in [4.69, 9.17) is 15.9 Å². The highest BCUT2D eigenvalue weighted by atomic mass is 16.3. The van der Waals surface area contributed by atoms with Crippen LogP contribution in [0.15, 0.2) is 18.2 Å². The van der Waals surface area contributed by atoms with Gasteiger partial charge in [-0.3, -0.25) is 0 Å². The summed E-state index contributed by atoms with van der Waals surface area (Å²) < 4.78 is 0. The molecule has 5 N–H and O–H groups in total. The molecule has 1 aromatic carbocycles. The minimum absolute atomic E-state index is 0.0871. The fourth-order valence-corrected chi connectivity index (χ4v) is 1.69. The van der Waals surface area contributed by atoms with Gasteiger partial charge in [0.05, 0.1) is 0 Å². The normalized spacial score (nSPS) is 14.9. The Hall–Kier alpha value is -1.26. The molecule has 1 fully saturated rings. The van der Waals surface area contributed by atoms with E-state index in [0.717, 1.165) is 5.56 Å². The van der Waals surface area contributed by atoms with Crippen molar-refractivity contribution < 1.29 is 10.2 Å². The smallest absolute Gasteiger partial charge is 0.157 e. The molecule has 0 atom stereocenters. The van der Waals surface area contributed by atoms with E-state index in [-0.39, 0.29) is 11.5 Å². The lowest BCUT2D eigenvalue weighted by molar-refractivity contribution is 0.403. The molecule has 2 rings (SSSR count). The Morgan fingerprint density at radius 3 is 2.18 bits per heavy atom. The highest BCUT2D eigenvalue weighted by Gasteiger charge is 1.98. The number of hydrogen-bond acceptors (Lipinski definition) is 4. The van der Waals surface area contributed by atoms with Gasteiger partial charge < -0.3 is 21.3 Å². The molecule has 0 bridgehead atoms. The summed E-state index contributed by atoms with van der Waals surface area (Å²) in [5, 5.41) is 21.3. The minimum atomic E-state index is -0.0919. The first-order valence-electron chi connectivity index (χ1n) is 6.15. The average molecular weight is 238 g/mol. The Labute approximate surface area is 102 Å². The second kappa shape index (κ2) is 7.92. The third-order valence-corrected chi connectivity index (χ3v) is 2.68. The van der Waals surface area contributed by atoms with Gasteiger partial charge in [-0.2, -0.15) is 0 Å². The standard InChI is InChI=1S/C8H11NO2.C5H11N/c9-4-3-6-1-2-7(10)8(11)5-6;1-2-4-6-5-3-1/h1-2,5,10-11H,3-4,9H2;6H,1-5H2. The molecule has 1 saturated heterocycles. The van der Waals surface area contributed by atoms with Gasteiger partial charge in [-0.15, -0.1) is 0 Å². The molecule has 1 aliphatic heterocycles. The monoisotopic (exact) mass is 238 g/mol. The molecule has 0 aromatic heterocycles. The van der Waals surface area contributed by atoms with E-state index in [2.05, 4.69) is 5.32 Å². The molecule has 0 saturated carbocycles. The quantitative estimate of drug-likeness (QED) is 0.587. The third kappa shape index (κ3) is 5.56. The number of piperidine rings is 1. The van der Waals surface area contributed by atoms with Gasteiger partial charge in [0.2, 0.25) is 0 Å². The van der Waals surface area contributed by atoms with Crippen LogP contribution in [0, 0.1) is 0 Å². The molecule has 0 spiro atoms. The number of nitrogens with one attached hydrogen (secondary N) is 1. The Morgan fingerprint density at radius 2 is 1.76 bits per heavy atom. The first-order chi connectivity index (χ1) is 8.24. The predicted octanol–water partition coefficient (Wildman–Crippen LogP) is 1.36. The highest BCUT2D eigenvalue weighted by molar-refractivity contribution is 5.40. The van der Waals surface area contributed by atoms with Gasteiger partial charge in [0.15, 0.2) is 11.5 Å². The fourth-order valence-electron chi connectivity index (χ4n) is 1.69. The summed E-state index contributed by atoms with van der Waals surface area (Å²) >= 11 is 0. The van der Waals surface area contributed by atoms with Crippen molar-refractivity contribution in [2.24, 2.45) is 5.73 Å². The average Bonchev–Trinajstić information content (AvgIpc) is 2.37. The van der Waals surface area contributed by atoms with Crippen LogP contribution in [0.3, 0.4) is 0 Å². The summed E-state index contributed by atoms with van der Waals surface area (Å²) in [6.45, 7) is 3.05. The maximum Gasteiger partial charge on any atom is 0.157 e. The van der Waals surface area contributed by atoms with Crippen LogP contribution >= 0.6 is 0 Å². The number of phenolic OH excluding ortho intramolecular Hbond substituents is 2. The molecular formula is C13H22N2O2. The first kappa shape index (κ1) is 13.8. The summed E-state index contributed by atoms with van der Waals surface area (Å²) in [5.74, 6) is -0.179. The Balaban J connectivity index is 0.000000202. The molecule has 0 aliphatic carbocycles. The van der Waals surface area contributed by atoms with Gasteiger partial charge in [-0.25, -0.2) is 0 Å². The number of rotatable bonds is 2. The van der Waals surface area contributed by atoms with Gasteiger partial charge in [-0.1, -0.05) is 12.5 Å². The van der Waals surface area contributed by atoms with Crippen LogP contribution in [0.4, 0.5) is 0 Å². The molecule has 96 valence electrons. The fraction of sp³-hybridized carbons (Fsp3) is 0.538. The highest BCUT2D eigenvalue weighted by Crippen LogP contribution is 2.24. The van der Waals surface area contributed by atoms with E-state index in [1.165, 1.54) is 44.5 Å². The topological polar surface area (TPSA) is 78.5 Å². The van der Waals surface area contributed by atoms with Crippen molar-refractivity contribution in [3.8, 4) is 11.5 Å². The predicted molar refractivity (Wildman–Crippen MR) is 69.3 cm³/mol. The molecule has 4 nitrogen and oxygen atoms in total. The second-order valence-corrected chi connectivity index (χ2v) is 4.17. The van der Waals surface area contributed by atoms with Gasteiger partial charge in [0.1, 0.15) is 0 Å². The molecule has 1 heterocycles. The second-order valence-electron chi connectivity index (χ2n) is 4.17. The van der Waals surface area contributed by atoms with Crippen LogP contribution in [-0.4, -0.2) is 29.8 Å². The van der Waals surface area contributed by atoms with Crippen LogP contribution in [0.1, 0.15) is 24.8 Å². The Bertz CT molecular complexity index is 314. The van der Waals surface area contributed by atoms with E-state index in [1.54, 1.807) is 6.07 Å². The van der Waals surface area contributed by atoms with E-state index in [9.17, 15) is 0 Å². The molecule has 0 radical (unpaired) electrons. The van der Waals surface area contributed by atoms with Crippen molar-refractivity contribution in [3.05, 3.63) is 23.8 Å². The zero-order chi connectivity index (χ0) is 12.5. The van der Waals surface area contributed by atoms with Crippen molar-refractivity contribution in [1.82, 2.24) is 5.32 Å². The third-order valence-electron chi connectivity index (χ3n) is 2.68. The molecule has 0 amide bonds. The van der Waals surface area contributed by atoms with Crippen LogP contribution in [0.2, 0.25) is 0 Å². The lowest BCUT2D eigenvalue weighted by atomic mass is 10.1. The number of aromatic hydroxyl groups is 2. The van der Waals surface area contributed by atoms with Crippen molar-refractivity contribution in [3.63, 3.8) is 0 Å². The van der Waals surface area contributed by atoms with Crippen molar-refractivity contribution >= 4 is 0 Å². The van der Waals surface area contributed by atoms with Crippen LogP contribution < -0.4 is 11.1 Å². The lowest BCUT2D eigenvalue weighted by Gasteiger charge is -2.08. The lowest BCUT2D eigenvalue weighted by Crippen LogP contribution is -2.21. The molecule has 1 aromatic rings. The molecule has 17 heavy (non-hydrogen) atoms. The summed E-state index contributed by atoms with van der Waals surface area (Å²) in [6, 6.07) is 4.71. The molecular weight excluding hydrogens is 216 g/mol. The van der Waals surface area contributed by atoms with Crippen molar-refractivity contribution in [2.75, 3.05) is 19.6 Å². The summed E-state index contributed by atoms with van der Waals surface area (Å²) in [7, 11) is 0. The van der Waals surface area contributed by atoms with Gasteiger partial charge >= 0.3 is 0 Å². The van der Waals surface area contributed by atoms with E-state index in [0.29, 0.717) is 13.0 Å². The summed E-state index contributed by atoms with van der Waals surface area (Å²) in [6.07, 6.45) is 4.93. The zero-order valence-electron chi connectivity index (χ0n) is 10.2. The minimum Gasteiger partial charge on any atom is -0.504 e. The Kier molecular flexibility index (Phi) is 6.43. The number of benzene rings is 1. The van der Waals surface area contributed by atoms with Crippen LogP contribution in [-0.2, 0) is 6.42 Å². The maximum absolute atomic E-state index is 9.04. The maximum atomic E-state index is 9.04. The summed E-state index contributed by atoms with van der Waals surface area (Å²) in [5.41, 5.74) is 6.24. The Morgan fingerprint density at radius 1 is 1.06 bits per heavy atom. The van der Waals surface area contributed by atoms with E-state index < -0.39 is 0 Å². The first-order valence-corrected chi connectivity index (χ1v) is 6.15. The van der Waals surface area contributed by atoms with Crippen LogP contribution in [0.25, 0.3) is 0 Å². The number of phenols is 2. The van der Waals surface area contributed by atoms with Crippen molar-refractivity contribution in [1.29, 1.82) is 0 Å².